The second-order valence-corrected chi connectivity index (χ2v) is 7.54. The molecule has 2 aromatic rings. The zero-order valence-corrected chi connectivity index (χ0v) is 16.0. The highest BCUT2D eigenvalue weighted by atomic mass is 79.9. The normalized spacial score (nSPS) is 11.1. The summed E-state index contributed by atoms with van der Waals surface area (Å²) in [6, 6.07) is 10.00. The summed E-state index contributed by atoms with van der Waals surface area (Å²) in [4.78, 5) is 22.7. The largest absolute Gasteiger partial charge is 0.417 e. The summed E-state index contributed by atoms with van der Waals surface area (Å²) in [6.07, 6.45) is -0.795. The number of ether oxygens (including phenoxy) is 1. The number of hydrogen-bond acceptors (Lipinski definition) is 4. The number of nitro benzene ring substituents is 1. The molecule has 0 aromatic heterocycles. The molecule has 0 aliphatic heterocycles. The molecule has 0 saturated heterocycles. The van der Waals surface area contributed by atoms with Gasteiger partial charge in [0.25, 0.3) is 5.69 Å². The second kappa shape index (κ2) is 7.23. The Labute approximate surface area is 154 Å². The van der Waals surface area contributed by atoms with Crippen molar-refractivity contribution in [1.29, 1.82) is 0 Å². The minimum absolute atomic E-state index is 0.0359. The fraction of sp³-hybridized carbons (Fsp3) is 0.278. The Morgan fingerprint density at radius 2 is 1.88 bits per heavy atom. The first-order valence-electron chi connectivity index (χ1n) is 7.62. The van der Waals surface area contributed by atoms with Crippen LogP contribution >= 0.6 is 15.9 Å². The van der Waals surface area contributed by atoms with E-state index in [-0.39, 0.29) is 16.8 Å². The van der Waals surface area contributed by atoms with E-state index in [1.165, 1.54) is 12.1 Å². The van der Waals surface area contributed by atoms with E-state index in [0.717, 1.165) is 11.1 Å². The van der Waals surface area contributed by atoms with Crippen LogP contribution < -0.4 is 10.1 Å². The van der Waals surface area contributed by atoms with Gasteiger partial charge in [0.05, 0.1) is 9.40 Å². The first kappa shape index (κ1) is 18.9. The van der Waals surface area contributed by atoms with Gasteiger partial charge in [-0.1, -0.05) is 32.9 Å². The molecule has 0 heterocycles. The number of benzene rings is 2. The number of rotatable bonds is 3. The molecule has 0 unspecified atom stereocenters. The van der Waals surface area contributed by atoms with Crippen LogP contribution in [0, 0.1) is 17.0 Å². The van der Waals surface area contributed by atoms with E-state index in [0.29, 0.717) is 10.2 Å². The van der Waals surface area contributed by atoms with Gasteiger partial charge >= 0.3 is 6.09 Å². The third-order valence-electron chi connectivity index (χ3n) is 3.59. The molecule has 2 aromatic carbocycles. The van der Waals surface area contributed by atoms with Crippen molar-refractivity contribution in [3.05, 3.63) is 62.1 Å². The van der Waals surface area contributed by atoms with Gasteiger partial charge in [0.15, 0.2) is 0 Å². The van der Waals surface area contributed by atoms with Gasteiger partial charge in [0, 0.05) is 6.07 Å². The van der Waals surface area contributed by atoms with E-state index in [2.05, 4.69) is 42.0 Å². The van der Waals surface area contributed by atoms with E-state index in [1.807, 2.05) is 12.1 Å². The molecule has 0 aliphatic carbocycles. The lowest BCUT2D eigenvalue weighted by Crippen LogP contribution is -2.18. The first-order valence-corrected chi connectivity index (χ1v) is 8.41. The number of carbonyl (C=O) groups excluding carboxylic acids is 1. The number of nitrogens with one attached hydrogen (secondary N) is 1. The molecule has 0 aliphatic rings. The van der Waals surface area contributed by atoms with Gasteiger partial charge in [-0.2, -0.15) is 0 Å². The maximum absolute atomic E-state index is 12.1. The number of amides is 1. The van der Waals surface area contributed by atoms with Crippen molar-refractivity contribution >= 4 is 33.4 Å². The number of nitro groups is 1. The SMILES string of the molecule is Cc1ccc(NC(=O)Oc2ccc(C(C)(C)C)cc2Br)c([N+](=O)[O-])c1. The number of hydrogen-bond donors (Lipinski definition) is 1. The zero-order chi connectivity index (χ0) is 18.8. The Bertz CT molecular complexity index is 828. The molecular formula is C18H19BrN2O4. The fourth-order valence-corrected chi connectivity index (χ4v) is 2.64. The summed E-state index contributed by atoms with van der Waals surface area (Å²) in [7, 11) is 0. The predicted octanol–water partition coefficient (Wildman–Crippen LogP) is 5.57. The lowest BCUT2D eigenvalue weighted by molar-refractivity contribution is -0.384. The molecule has 0 fully saturated rings. The van der Waals surface area contributed by atoms with Crippen LogP contribution in [0.25, 0.3) is 0 Å². The molecule has 0 saturated carbocycles. The van der Waals surface area contributed by atoms with Crippen molar-refractivity contribution in [2.24, 2.45) is 0 Å². The van der Waals surface area contributed by atoms with Crippen molar-refractivity contribution < 1.29 is 14.5 Å². The van der Waals surface area contributed by atoms with Crippen LogP contribution in [0.2, 0.25) is 0 Å². The van der Waals surface area contributed by atoms with E-state index < -0.39 is 11.0 Å². The van der Waals surface area contributed by atoms with Gasteiger partial charge in [0.1, 0.15) is 11.4 Å². The topological polar surface area (TPSA) is 81.5 Å². The van der Waals surface area contributed by atoms with Crippen molar-refractivity contribution in [1.82, 2.24) is 0 Å². The highest BCUT2D eigenvalue weighted by molar-refractivity contribution is 9.10. The van der Waals surface area contributed by atoms with E-state index in [1.54, 1.807) is 19.1 Å². The van der Waals surface area contributed by atoms with Crippen LogP contribution in [0.3, 0.4) is 0 Å². The van der Waals surface area contributed by atoms with Crippen LogP contribution in [0.1, 0.15) is 31.9 Å². The molecule has 7 heteroatoms. The summed E-state index contributed by atoms with van der Waals surface area (Å²) >= 11 is 3.39. The minimum Gasteiger partial charge on any atom is -0.409 e. The van der Waals surface area contributed by atoms with Crippen molar-refractivity contribution in [3.63, 3.8) is 0 Å². The average molecular weight is 407 g/mol. The molecule has 1 N–H and O–H groups in total. The molecule has 0 spiro atoms. The fourth-order valence-electron chi connectivity index (χ4n) is 2.18. The second-order valence-electron chi connectivity index (χ2n) is 6.69. The molecule has 132 valence electrons. The summed E-state index contributed by atoms with van der Waals surface area (Å²) in [5.74, 6) is 0.334. The monoisotopic (exact) mass is 406 g/mol. The number of halogens is 1. The standard InChI is InChI=1S/C18H19BrN2O4/c1-11-5-7-14(15(9-11)21(23)24)20-17(22)25-16-8-6-12(10-13(16)19)18(2,3)4/h5-10H,1-4H3,(H,20,22). The van der Waals surface area contributed by atoms with Gasteiger partial charge in [-0.25, -0.2) is 4.79 Å². The number of carbonyl (C=O) groups is 1. The molecule has 0 atom stereocenters. The van der Waals surface area contributed by atoms with Crippen LogP contribution in [-0.2, 0) is 5.41 Å². The summed E-state index contributed by atoms with van der Waals surface area (Å²) < 4.78 is 5.90. The maximum atomic E-state index is 12.1. The lowest BCUT2D eigenvalue weighted by Gasteiger charge is -2.20. The van der Waals surface area contributed by atoms with Crippen molar-refractivity contribution in [3.8, 4) is 5.75 Å². The molecule has 1 amide bonds. The number of anilines is 1. The average Bonchev–Trinajstić information content (AvgIpc) is 2.49. The van der Waals surface area contributed by atoms with Gasteiger partial charge < -0.3 is 4.74 Å². The zero-order valence-electron chi connectivity index (χ0n) is 14.4. The van der Waals surface area contributed by atoms with Gasteiger partial charge in [-0.15, -0.1) is 0 Å². The third-order valence-corrected chi connectivity index (χ3v) is 4.21. The Morgan fingerprint density at radius 1 is 1.20 bits per heavy atom. The Balaban J connectivity index is 2.18. The quantitative estimate of drug-likeness (QED) is 0.533. The Hall–Kier alpha value is -2.41. The van der Waals surface area contributed by atoms with Crippen LogP contribution in [0.4, 0.5) is 16.2 Å². The summed E-state index contributed by atoms with van der Waals surface area (Å²) in [5.41, 5.74) is 1.68. The Kier molecular flexibility index (Phi) is 5.47. The van der Waals surface area contributed by atoms with E-state index >= 15 is 0 Å². The lowest BCUT2D eigenvalue weighted by atomic mass is 9.87. The van der Waals surface area contributed by atoms with Crippen LogP contribution in [0.15, 0.2) is 40.9 Å². The molecule has 0 radical (unpaired) electrons. The summed E-state index contributed by atoms with van der Waals surface area (Å²) in [6.45, 7) is 7.98. The van der Waals surface area contributed by atoms with E-state index in [9.17, 15) is 14.9 Å². The molecule has 25 heavy (non-hydrogen) atoms. The highest BCUT2D eigenvalue weighted by Gasteiger charge is 2.19. The van der Waals surface area contributed by atoms with Crippen LogP contribution in [0.5, 0.6) is 5.75 Å². The molecule has 0 bridgehead atoms. The number of nitrogens with zero attached hydrogens (tertiary/aromatic N) is 1. The number of aryl methyl sites for hydroxylation is 1. The van der Waals surface area contributed by atoms with Gasteiger partial charge in [-0.3, -0.25) is 15.4 Å². The van der Waals surface area contributed by atoms with Gasteiger partial charge in [-0.05, 0) is 57.6 Å². The van der Waals surface area contributed by atoms with Crippen molar-refractivity contribution in [2.75, 3.05) is 5.32 Å². The first-order chi connectivity index (χ1) is 11.6. The Morgan fingerprint density at radius 3 is 2.44 bits per heavy atom. The molecule has 6 nitrogen and oxygen atoms in total. The maximum Gasteiger partial charge on any atom is 0.417 e. The third kappa shape index (κ3) is 4.79. The summed E-state index contributed by atoms with van der Waals surface area (Å²) in [5, 5.41) is 13.5. The minimum atomic E-state index is -0.795. The van der Waals surface area contributed by atoms with E-state index in [4.69, 9.17) is 4.74 Å². The smallest absolute Gasteiger partial charge is 0.409 e. The predicted molar refractivity (Wildman–Crippen MR) is 100 cm³/mol. The molecular weight excluding hydrogens is 388 g/mol. The highest BCUT2D eigenvalue weighted by Crippen LogP contribution is 2.32. The van der Waals surface area contributed by atoms with Crippen LogP contribution in [-0.4, -0.2) is 11.0 Å². The molecule has 2 rings (SSSR count). The van der Waals surface area contributed by atoms with Gasteiger partial charge in [0.2, 0.25) is 0 Å². The van der Waals surface area contributed by atoms with Crippen molar-refractivity contribution in [2.45, 2.75) is 33.1 Å².